The number of aromatic nitrogens is 3. The zero-order chi connectivity index (χ0) is 15.0. The van der Waals surface area contributed by atoms with Crippen molar-refractivity contribution in [2.75, 3.05) is 14.1 Å². The molecule has 3 rings (SSSR count). The summed E-state index contributed by atoms with van der Waals surface area (Å²) in [6.07, 6.45) is 3.73. The summed E-state index contributed by atoms with van der Waals surface area (Å²) in [4.78, 5) is 4.78. The van der Waals surface area contributed by atoms with Crippen molar-refractivity contribution in [3.05, 3.63) is 58.8 Å². The fourth-order valence-corrected chi connectivity index (χ4v) is 2.82. The molecule has 0 aliphatic rings. The lowest BCUT2D eigenvalue weighted by Gasteiger charge is -2.34. The number of halogens is 1. The van der Waals surface area contributed by atoms with Crippen LogP contribution in [0.1, 0.15) is 18.5 Å². The predicted octanol–water partition coefficient (Wildman–Crippen LogP) is 3.82. The van der Waals surface area contributed by atoms with Crippen LogP contribution < -0.4 is 4.48 Å². The third-order valence-corrected chi connectivity index (χ3v) is 4.71. The molecule has 0 amide bonds. The van der Waals surface area contributed by atoms with Crippen molar-refractivity contribution >= 4 is 27.4 Å². The number of quaternary nitrogens is 1. The van der Waals surface area contributed by atoms with Crippen LogP contribution in [-0.2, 0) is 0 Å². The van der Waals surface area contributed by atoms with E-state index in [0.717, 1.165) is 15.9 Å². The van der Waals surface area contributed by atoms with Gasteiger partial charge in [-0.3, -0.25) is 4.48 Å². The Morgan fingerprint density at radius 3 is 2.57 bits per heavy atom. The molecule has 2 aromatic heterocycles. The lowest BCUT2D eigenvalue weighted by Crippen LogP contribution is -2.43. The van der Waals surface area contributed by atoms with Gasteiger partial charge in [-0.2, -0.15) is 10.1 Å². The van der Waals surface area contributed by atoms with Gasteiger partial charge in [0.25, 0.3) is 0 Å². The normalized spacial score (nSPS) is 13.5. The summed E-state index contributed by atoms with van der Waals surface area (Å²) < 4.78 is 3.37. The van der Waals surface area contributed by atoms with Crippen LogP contribution in [-0.4, -0.2) is 28.7 Å². The molecule has 0 saturated carbocycles. The second-order valence-corrected chi connectivity index (χ2v) is 6.53. The van der Waals surface area contributed by atoms with Gasteiger partial charge in [0.1, 0.15) is 6.04 Å². The predicted molar refractivity (Wildman–Crippen MR) is 89.2 cm³/mol. The van der Waals surface area contributed by atoms with Gasteiger partial charge in [-0.25, -0.2) is 4.52 Å². The average Bonchev–Trinajstić information content (AvgIpc) is 2.88. The molecule has 0 aliphatic carbocycles. The van der Waals surface area contributed by atoms with Gasteiger partial charge in [-0.05, 0) is 22.9 Å². The summed E-state index contributed by atoms with van der Waals surface area (Å²) >= 11 is 3.50. The maximum absolute atomic E-state index is 4.78. The smallest absolute Gasteiger partial charge is 0.231 e. The highest BCUT2D eigenvalue weighted by Gasteiger charge is 2.30. The van der Waals surface area contributed by atoms with Gasteiger partial charge >= 0.3 is 0 Å². The van der Waals surface area contributed by atoms with Crippen molar-refractivity contribution in [2.45, 2.75) is 13.0 Å². The van der Waals surface area contributed by atoms with E-state index >= 15 is 0 Å². The lowest BCUT2D eigenvalue weighted by atomic mass is 10.1. The summed E-state index contributed by atoms with van der Waals surface area (Å²) in [5, 5.41) is 4.24. The first-order valence-electron chi connectivity index (χ1n) is 6.89. The van der Waals surface area contributed by atoms with Crippen LogP contribution in [0.2, 0.25) is 0 Å². The van der Waals surface area contributed by atoms with Crippen molar-refractivity contribution in [1.29, 1.82) is 0 Å². The zero-order valence-corrected chi connectivity index (χ0v) is 13.9. The molecule has 21 heavy (non-hydrogen) atoms. The van der Waals surface area contributed by atoms with Crippen LogP contribution in [0.4, 0.5) is 5.82 Å². The van der Waals surface area contributed by atoms with Gasteiger partial charge in [0.15, 0.2) is 5.65 Å². The Morgan fingerprint density at radius 1 is 1.14 bits per heavy atom. The molecular formula is C16H18BrN4+. The fourth-order valence-electron chi connectivity index (χ4n) is 2.46. The number of rotatable bonds is 3. The standard InChI is InChI=1S/C16H18BrN4/c1-12(13-7-5-4-6-8-13)21(2,3)15-9-10-20-16(19-15)14(17)11-18-20/h4-12H,1-3H3/q+1/t12-/m1/s1. The van der Waals surface area contributed by atoms with Crippen molar-refractivity contribution in [1.82, 2.24) is 19.1 Å². The van der Waals surface area contributed by atoms with Gasteiger partial charge in [-0.15, -0.1) is 0 Å². The van der Waals surface area contributed by atoms with Gasteiger partial charge in [0.05, 0.1) is 24.8 Å². The van der Waals surface area contributed by atoms with Gasteiger partial charge in [0.2, 0.25) is 5.82 Å². The summed E-state index contributed by atoms with van der Waals surface area (Å²) in [5.41, 5.74) is 2.15. The zero-order valence-electron chi connectivity index (χ0n) is 12.4. The summed E-state index contributed by atoms with van der Waals surface area (Å²) in [6.45, 7) is 2.23. The number of fused-ring (bicyclic) bond motifs is 1. The molecule has 3 aromatic rings. The van der Waals surface area contributed by atoms with E-state index in [9.17, 15) is 0 Å². The summed E-state index contributed by atoms with van der Waals surface area (Å²) in [5.74, 6) is 1.01. The van der Waals surface area contributed by atoms with Crippen molar-refractivity contribution in [2.24, 2.45) is 0 Å². The molecule has 1 aromatic carbocycles. The van der Waals surface area contributed by atoms with Gasteiger partial charge in [-0.1, -0.05) is 30.3 Å². The van der Waals surface area contributed by atoms with E-state index in [-0.39, 0.29) is 0 Å². The Balaban J connectivity index is 2.04. The number of nitrogens with zero attached hydrogens (tertiary/aromatic N) is 4. The minimum atomic E-state index is 0.308. The van der Waals surface area contributed by atoms with Crippen molar-refractivity contribution < 1.29 is 0 Å². The van der Waals surface area contributed by atoms with E-state index in [4.69, 9.17) is 4.98 Å². The maximum atomic E-state index is 4.78. The van der Waals surface area contributed by atoms with Crippen LogP contribution in [0.15, 0.2) is 53.3 Å². The molecule has 4 nitrogen and oxygen atoms in total. The van der Waals surface area contributed by atoms with E-state index in [1.54, 1.807) is 10.7 Å². The molecule has 0 radical (unpaired) electrons. The molecule has 108 valence electrons. The molecular weight excluding hydrogens is 328 g/mol. The second-order valence-electron chi connectivity index (χ2n) is 5.67. The lowest BCUT2D eigenvalue weighted by molar-refractivity contribution is 0.308. The second kappa shape index (κ2) is 5.24. The molecule has 2 heterocycles. The molecule has 0 aliphatic heterocycles. The van der Waals surface area contributed by atoms with Crippen LogP contribution in [0.3, 0.4) is 0 Å². The molecule has 1 atom stereocenters. The quantitative estimate of drug-likeness (QED) is 0.675. The van der Waals surface area contributed by atoms with Gasteiger partial charge in [0, 0.05) is 17.8 Å². The molecule has 0 spiro atoms. The Labute approximate surface area is 132 Å². The first-order chi connectivity index (χ1) is 10.00. The largest absolute Gasteiger partial charge is 0.273 e. The molecule has 5 heteroatoms. The van der Waals surface area contributed by atoms with E-state index in [0.29, 0.717) is 10.5 Å². The Hall–Kier alpha value is -1.72. The third-order valence-electron chi connectivity index (χ3n) is 4.15. The van der Waals surface area contributed by atoms with Crippen molar-refractivity contribution in [3.63, 3.8) is 0 Å². The minimum absolute atomic E-state index is 0.308. The highest BCUT2D eigenvalue weighted by Crippen LogP contribution is 2.31. The third kappa shape index (κ3) is 2.47. The van der Waals surface area contributed by atoms with E-state index in [2.05, 4.69) is 66.3 Å². The summed E-state index contributed by atoms with van der Waals surface area (Å²) in [6, 6.07) is 12.9. The molecule has 0 unspecified atom stereocenters. The fraction of sp³-hybridized carbons (Fsp3) is 0.250. The number of benzene rings is 1. The monoisotopic (exact) mass is 345 g/mol. The van der Waals surface area contributed by atoms with Crippen LogP contribution in [0, 0.1) is 0 Å². The highest BCUT2D eigenvalue weighted by atomic mass is 79.9. The van der Waals surface area contributed by atoms with Crippen LogP contribution in [0.5, 0.6) is 0 Å². The van der Waals surface area contributed by atoms with Crippen LogP contribution in [0.25, 0.3) is 5.65 Å². The molecule has 0 fully saturated rings. The first kappa shape index (κ1) is 14.2. The first-order valence-corrected chi connectivity index (χ1v) is 7.68. The number of hydrogen-bond acceptors (Lipinski definition) is 2. The van der Waals surface area contributed by atoms with Crippen molar-refractivity contribution in [3.8, 4) is 0 Å². The number of hydrogen-bond donors (Lipinski definition) is 0. The Bertz CT molecular complexity index is 764. The topological polar surface area (TPSA) is 30.2 Å². The van der Waals surface area contributed by atoms with Gasteiger partial charge < -0.3 is 0 Å². The van der Waals surface area contributed by atoms with E-state index < -0.39 is 0 Å². The highest BCUT2D eigenvalue weighted by molar-refractivity contribution is 9.10. The average molecular weight is 346 g/mol. The van der Waals surface area contributed by atoms with E-state index in [1.165, 1.54) is 5.56 Å². The van der Waals surface area contributed by atoms with E-state index in [1.807, 2.05) is 18.3 Å². The Kier molecular flexibility index (Phi) is 3.55. The minimum Gasteiger partial charge on any atom is -0.273 e. The molecule has 0 N–H and O–H groups in total. The molecule has 0 saturated heterocycles. The molecule has 0 bridgehead atoms. The Morgan fingerprint density at radius 2 is 1.86 bits per heavy atom. The summed E-state index contributed by atoms with van der Waals surface area (Å²) in [7, 11) is 4.36. The van der Waals surface area contributed by atoms with Crippen LogP contribution >= 0.6 is 15.9 Å². The maximum Gasteiger partial charge on any atom is 0.231 e. The SMILES string of the molecule is C[C@H](c1ccccc1)[N+](C)(C)c1ccn2ncc(Br)c2n1.